The van der Waals surface area contributed by atoms with Crippen LogP contribution in [0.2, 0.25) is 0 Å². The molecule has 2 heteroatoms. The molecule has 0 aromatic rings. The van der Waals surface area contributed by atoms with Gasteiger partial charge in [-0.15, -0.1) is 6.58 Å². The molecule has 0 saturated heterocycles. The number of carbonyl (C=O) groups is 1. The van der Waals surface area contributed by atoms with Crippen molar-refractivity contribution in [3.05, 3.63) is 12.7 Å². The van der Waals surface area contributed by atoms with E-state index in [4.69, 9.17) is 5.26 Å². The van der Waals surface area contributed by atoms with Gasteiger partial charge in [-0.2, -0.15) is 5.26 Å². The zero-order valence-electron chi connectivity index (χ0n) is 9.46. The highest BCUT2D eigenvalue weighted by atomic mass is 16.1. The Morgan fingerprint density at radius 2 is 2.47 bits per heavy atom. The van der Waals surface area contributed by atoms with Gasteiger partial charge in [0.15, 0.2) is 5.78 Å². The number of unbranched alkanes of at least 4 members (excludes halogenated alkanes) is 1. The van der Waals surface area contributed by atoms with Crippen molar-refractivity contribution in [1.82, 2.24) is 0 Å². The van der Waals surface area contributed by atoms with E-state index in [0.29, 0.717) is 6.42 Å². The average molecular weight is 205 g/mol. The minimum absolute atomic E-state index is 0.0902. The minimum Gasteiger partial charge on any atom is -0.298 e. The predicted octanol–water partition coefficient (Wildman–Crippen LogP) is 3.24. The molecule has 2 atom stereocenters. The number of hydrogen-bond acceptors (Lipinski definition) is 2. The largest absolute Gasteiger partial charge is 0.298 e. The SMILES string of the molecule is C=CCCC[C@]1(C)CCCC(=O)[C@H]1C#N. The lowest BCUT2D eigenvalue weighted by molar-refractivity contribution is -0.127. The topological polar surface area (TPSA) is 40.9 Å². The normalized spacial score (nSPS) is 30.9. The van der Waals surface area contributed by atoms with Gasteiger partial charge in [-0.1, -0.05) is 13.0 Å². The maximum Gasteiger partial charge on any atom is 0.150 e. The molecule has 0 heterocycles. The van der Waals surface area contributed by atoms with Gasteiger partial charge in [-0.05, 0) is 37.5 Å². The quantitative estimate of drug-likeness (QED) is 0.522. The summed E-state index contributed by atoms with van der Waals surface area (Å²) in [5, 5.41) is 9.06. The summed E-state index contributed by atoms with van der Waals surface area (Å²) in [6.07, 6.45) is 7.41. The Balaban J connectivity index is 2.66. The zero-order chi connectivity index (χ0) is 11.3. The standard InChI is InChI=1S/C13H19NO/c1-3-4-5-8-13(2)9-6-7-12(15)11(13)10-14/h3,11H,1,4-9H2,2H3/t11-,13-/m1/s1. The molecule has 0 aliphatic heterocycles. The third kappa shape index (κ3) is 2.68. The first-order chi connectivity index (χ1) is 7.14. The van der Waals surface area contributed by atoms with Crippen molar-refractivity contribution in [1.29, 1.82) is 5.26 Å². The first kappa shape index (κ1) is 12.0. The first-order valence-electron chi connectivity index (χ1n) is 5.67. The highest BCUT2D eigenvalue weighted by Gasteiger charge is 2.41. The average Bonchev–Trinajstić information content (AvgIpc) is 2.18. The molecule has 1 fully saturated rings. The molecule has 15 heavy (non-hydrogen) atoms. The van der Waals surface area contributed by atoms with Gasteiger partial charge >= 0.3 is 0 Å². The van der Waals surface area contributed by atoms with Crippen LogP contribution in [0.25, 0.3) is 0 Å². The van der Waals surface area contributed by atoms with Gasteiger partial charge in [0.1, 0.15) is 5.92 Å². The second-order valence-electron chi connectivity index (χ2n) is 4.72. The van der Waals surface area contributed by atoms with Crippen molar-refractivity contribution in [3.63, 3.8) is 0 Å². The second kappa shape index (κ2) is 5.11. The van der Waals surface area contributed by atoms with E-state index < -0.39 is 0 Å². The van der Waals surface area contributed by atoms with Crippen molar-refractivity contribution in [3.8, 4) is 6.07 Å². The predicted molar refractivity (Wildman–Crippen MR) is 60.1 cm³/mol. The van der Waals surface area contributed by atoms with Gasteiger partial charge < -0.3 is 0 Å². The maximum absolute atomic E-state index is 11.6. The third-order valence-corrected chi connectivity index (χ3v) is 3.48. The van der Waals surface area contributed by atoms with Gasteiger partial charge in [0, 0.05) is 6.42 Å². The first-order valence-corrected chi connectivity index (χ1v) is 5.67. The Kier molecular flexibility index (Phi) is 4.08. The zero-order valence-corrected chi connectivity index (χ0v) is 9.46. The smallest absolute Gasteiger partial charge is 0.150 e. The molecule has 82 valence electrons. The van der Waals surface area contributed by atoms with E-state index in [1.165, 1.54) is 0 Å². The maximum atomic E-state index is 11.6. The molecule has 0 N–H and O–H groups in total. The third-order valence-electron chi connectivity index (χ3n) is 3.48. The van der Waals surface area contributed by atoms with E-state index in [2.05, 4.69) is 19.6 Å². The molecule has 0 radical (unpaired) electrons. The molecule has 1 saturated carbocycles. The van der Waals surface area contributed by atoms with Crippen LogP contribution < -0.4 is 0 Å². The fourth-order valence-electron chi connectivity index (χ4n) is 2.49. The van der Waals surface area contributed by atoms with Crippen LogP contribution in [0.15, 0.2) is 12.7 Å². The van der Waals surface area contributed by atoms with E-state index in [1.807, 2.05) is 6.08 Å². The van der Waals surface area contributed by atoms with Crippen molar-refractivity contribution < 1.29 is 4.79 Å². The fourth-order valence-corrected chi connectivity index (χ4v) is 2.49. The highest BCUT2D eigenvalue weighted by molar-refractivity contribution is 5.84. The van der Waals surface area contributed by atoms with Crippen LogP contribution in [0.5, 0.6) is 0 Å². The highest BCUT2D eigenvalue weighted by Crippen LogP contribution is 2.42. The Bertz CT molecular complexity index is 289. The van der Waals surface area contributed by atoms with Gasteiger partial charge in [-0.25, -0.2) is 0 Å². The van der Waals surface area contributed by atoms with Crippen molar-refractivity contribution >= 4 is 5.78 Å². The molecule has 0 amide bonds. The number of nitriles is 1. The molecule has 0 spiro atoms. The monoisotopic (exact) mass is 205 g/mol. The van der Waals surface area contributed by atoms with Crippen LogP contribution in [-0.4, -0.2) is 5.78 Å². The molecule has 0 aromatic carbocycles. The molecular weight excluding hydrogens is 186 g/mol. The van der Waals surface area contributed by atoms with Crippen molar-refractivity contribution in [2.24, 2.45) is 11.3 Å². The van der Waals surface area contributed by atoms with Crippen LogP contribution in [-0.2, 0) is 4.79 Å². The van der Waals surface area contributed by atoms with E-state index in [9.17, 15) is 4.79 Å². The lowest BCUT2D eigenvalue weighted by atomic mass is 9.65. The molecule has 0 bridgehead atoms. The summed E-state index contributed by atoms with van der Waals surface area (Å²) in [6.45, 7) is 5.77. The summed E-state index contributed by atoms with van der Waals surface area (Å²) in [7, 11) is 0. The lowest BCUT2D eigenvalue weighted by Crippen LogP contribution is -2.36. The van der Waals surface area contributed by atoms with Crippen LogP contribution in [0, 0.1) is 22.7 Å². The molecular formula is C13H19NO. The molecule has 1 rings (SSSR count). The molecule has 1 aliphatic rings. The number of ketones is 1. The number of carbonyl (C=O) groups excluding carboxylic acids is 1. The Morgan fingerprint density at radius 3 is 3.07 bits per heavy atom. The van der Waals surface area contributed by atoms with Crippen LogP contribution in [0.3, 0.4) is 0 Å². The molecule has 0 aromatic heterocycles. The second-order valence-corrected chi connectivity index (χ2v) is 4.72. The summed E-state index contributed by atoms with van der Waals surface area (Å²) >= 11 is 0. The lowest BCUT2D eigenvalue weighted by Gasteiger charge is -2.36. The number of hydrogen-bond donors (Lipinski definition) is 0. The van der Waals surface area contributed by atoms with E-state index >= 15 is 0 Å². The summed E-state index contributed by atoms with van der Waals surface area (Å²) in [5.74, 6) is -0.235. The van der Waals surface area contributed by atoms with Crippen molar-refractivity contribution in [2.75, 3.05) is 0 Å². The molecule has 2 nitrogen and oxygen atoms in total. The minimum atomic E-state index is -0.379. The van der Waals surface area contributed by atoms with Crippen LogP contribution >= 0.6 is 0 Å². The van der Waals surface area contributed by atoms with Gasteiger partial charge in [0.05, 0.1) is 6.07 Å². The number of nitrogens with zero attached hydrogens (tertiary/aromatic N) is 1. The molecule has 0 unspecified atom stereocenters. The van der Waals surface area contributed by atoms with E-state index in [-0.39, 0.29) is 17.1 Å². The van der Waals surface area contributed by atoms with Gasteiger partial charge in [0.25, 0.3) is 0 Å². The summed E-state index contributed by atoms with van der Waals surface area (Å²) in [6, 6.07) is 2.20. The van der Waals surface area contributed by atoms with Crippen molar-refractivity contribution in [2.45, 2.75) is 45.4 Å². The number of allylic oxidation sites excluding steroid dienone is 1. The van der Waals surface area contributed by atoms with E-state index in [1.54, 1.807) is 0 Å². The Labute approximate surface area is 92.0 Å². The summed E-state index contributed by atoms with van der Waals surface area (Å²) < 4.78 is 0. The number of rotatable bonds is 4. The van der Waals surface area contributed by atoms with Crippen LogP contribution in [0.4, 0.5) is 0 Å². The van der Waals surface area contributed by atoms with E-state index in [0.717, 1.165) is 32.1 Å². The molecule has 1 aliphatic carbocycles. The van der Waals surface area contributed by atoms with Gasteiger partial charge in [-0.3, -0.25) is 4.79 Å². The van der Waals surface area contributed by atoms with Gasteiger partial charge in [0.2, 0.25) is 0 Å². The Hall–Kier alpha value is -1.10. The number of Topliss-reactive ketones (excluding diaryl/α,β-unsaturated/α-hetero) is 1. The van der Waals surface area contributed by atoms with Crippen LogP contribution in [0.1, 0.15) is 45.4 Å². The fraction of sp³-hybridized carbons (Fsp3) is 0.692. The summed E-state index contributed by atoms with van der Waals surface area (Å²) in [4.78, 5) is 11.6. The Morgan fingerprint density at radius 1 is 1.73 bits per heavy atom. The summed E-state index contributed by atoms with van der Waals surface area (Å²) in [5.41, 5.74) is -0.0902.